The van der Waals surface area contributed by atoms with E-state index < -0.39 is 12.1 Å². The molecule has 0 aliphatic carbocycles. The normalized spacial score (nSPS) is 12.9. The maximum absolute atomic E-state index is 12.4. The first-order valence-corrected chi connectivity index (χ1v) is 26.2. The molecular formula is C54H101NO5. The number of carbonyl (C=O) groups is 2. The molecule has 6 heteroatoms. The average Bonchev–Trinajstić information content (AvgIpc) is 3.25. The highest BCUT2D eigenvalue weighted by atomic mass is 16.5. The van der Waals surface area contributed by atoms with Crippen molar-refractivity contribution in [1.82, 2.24) is 5.32 Å². The molecule has 352 valence electrons. The SMILES string of the molecule is CCCCCC/C=C\CCCCCCCC(=O)OCCCCC/C=C\C/C=C\CCCCCCCCCC(=O)NC(CO)C(O)CCCCCCCCCCCCCCC. The minimum Gasteiger partial charge on any atom is -0.466 e. The second-order valence-corrected chi connectivity index (χ2v) is 17.8. The summed E-state index contributed by atoms with van der Waals surface area (Å²) in [6, 6.07) is -0.553. The fraction of sp³-hybridized carbons (Fsp3) is 0.852. The van der Waals surface area contributed by atoms with Crippen molar-refractivity contribution in [2.75, 3.05) is 13.2 Å². The van der Waals surface area contributed by atoms with Gasteiger partial charge in [0.1, 0.15) is 0 Å². The van der Waals surface area contributed by atoms with Crippen molar-refractivity contribution in [3.05, 3.63) is 36.5 Å². The second-order valence-electron chi connectivity index (χ2n) is 17.8. The highest BCUT2D eigenvalue weighted by Gasteiger charge is 2.20. The van der Waals surface area contributed by atoms with Crippen LogP contribution in [0.1, 0.15) is 271 Å². The summed E-state index contributed by atoms with van der Waals surface area (Å²) in [7, 11) is 0. The molecule has 6 nitrogen and oxygen atoms in total. The zero-order chi connectivity index (χ0) is 43.7. The van der Waals surface area contributed by atoms with Crippen LogP contribution in [0.5, 0.6) is 0 Å². The first kappa shape index (κ1) is 58.1. The molecule has 0 aliphatic heterocycles. The van der Waals surface area contributed by atoms with E-state index in [4.69, 9.17) is 4.74 Å². The summed E-state index contributed by atoms with van der Waals surface area (Å²) in [5.41, 5.74) is 0. The average molecular weight is 844 g/mol. The Labute approximate surface area is 373 Å². The van der Waals surface area contributed by atoms with E-state index in [0.717, 1.165) is 83.5 Å². The van der Waals surface area contributed by atoms with Gasteiger partial charge in [0, 0.05) is 12.8 Å². The first-order chi connectivity index (χ1) is 29.5. The molecule has 2 atom stereocenters. The maximum atomic E-state index is 12.4. The molecule has 0 heterocycles. The molecule has 0 rings (SSSR count). The van der Waals surface area contributed by atoms with E-state index in [9.17, 15) is 19.8 Å². The van der Waals surface area contributed by atoms with Crippen LogP contribution < -0.4 is 5.32 Å². The molecule has 0 saturated carbocycles. The van der Waals surface area contributed by atoms with Gasteiger partial charge in [0.25, 0.3) is 0 Å². The fourth-order valence-electron chi connectivity index (χ4n) is 7.84. The lowest BCUT2D eigenvalue weighted by Gasteiger charge is -2.22. The zero-order valence-electron chi connectivity index (χ0n) is 39.9. The molecular weight excluding hydrogens is 743 g/mol. The van der Waals surface area contributed by atoms with Gasteiger partial charge < -0.3 is 20.3 Å². The van der Waals surface area contributed by atoms with Gasteiger partial charge in [0.2, 0.25) is 5.91 Å². The van der Waals surface area contributed by atoms with Crippen LogP contribution >= 0.6 is 0 Å². The third-order valence-corrected chi connectivity index (χ3v) is 11.9. The molecule has 0 spiro atoms. The fourth-order valence-corrected chi connectivity index (χ4v) is 7.84. The van der Waals surface area contributed by atoms with Crippen molar-refractivity contribution >= 4 is 11.9 Å². The van der Waals surface area contributed by atoms with Crippen LogP contribution in [0.25, 0.3) is 0 Å². The van der Waals surface area contributed by atoms with Gasteiger partial charge in [-0.3, -0.25) is 9.59 Å². The molecule has 0 aromatic carbocycles. The summed E-state index contributed by atoms with van der Waals surface area (Å²) >= 11 is 0. The van der Waals surface area contributed by atoms with Crippen molar-refractivity contribution in [2.24, 2.45) is 0 Å². The Morgan fingerprint density at radius 1 is 0.467 bits per heavy atom. The van der Waals surface area contributed by atoms with Gasteiger partial charge in [-0.05, 0) is 89.9 Å². The lowest BCUT2D eigenvalue weighted by atomic mass is 10.0. The predicted molar refractivity (Wildman–Crippen MR) is 259 cm³/mol. The Morgan fingerprint density at radius 3 is 1.30 bits per heavy atom. The molecule has 1 amide bonds. The van der Waals surface area contributed by atoms with E-state index in [1.165, 1.54) is 154 Å². The third-order valence-electron chi connectivity index (χ3n) is 11.9. The number of hydrogen-bond acceptors (Lipinski definition) is 5. The van der Waals surface area contributed by atoms with Crippen LogP contribution in [0, 0.1) is 0 Å². The molecule has 0 radical (unpaired) electrons. The summed E-state index contributed by atoms with van der Waals surface area (Å²) in [6.07, 6.45) is 59.7. The lowest BCUT2D eigenvalue weighted by Crippen LogP contribution is -2.45. The number of amides is 1. The van der Waals surface area contributed by atoms with Crippen molar-refractivity contribution in [3.63, 3.8) is 0 Å². The van der Waals surface area contributed by atoms with Crippen LogP contribution in [0.4, 0.5) is 0 Å². The highest BCUT2D eigenvalue weighted by molar-refractivity contribution is 5.76. The van der Waals surface area contributed by atoms with Crippen molar-refractivity contribution in [2.45, 2.75) is 283 Å². The Hall–Kier alpha value is -1.92. The van der Waals surface area contributed by atoms with Crippen LogP contribution in [-0.4, -0.2) is 47.4 Å². The molecule has 0 aliphatic rings. The van der Waals surface area contributed by atoms with Gasteiger partial charge >= 0.3 is 5.97 Å². The van der Waals surface area contributed by atoms with Gasteiger partial charge in [0.15, 0.2) is 0 Å². The number of hydrogen-bond donors (Lipinski definition) is 3. The summed E-state index contributed by atoms with van der Waals surface area (Å²) < 4.78 is 5.43. The number of carbonyl (C=O) groups excluding carboxylic acids is 2. The number of esters is 1. The van der Waals surface area contributed by atoms with Crippen LogP contribution in [0.2, 0.25) is 0 Å². The number of allylic oxidation sites excluding steroid dienone is 6. The zero-order valence-corrected chi connectivity index (χ0v) is 39.9. The van der Waals surface area contributed by atoms with Gasteiger partial charge in [-0.1, -0.05) is 204 Å². The monoisotopic (exact) mass is 844 g/mol. The minimum atomic E-state index is -0.674. The number of aliphatic hydroxyl groups is 2. The van der Waals surface area contributed by atoms with Crippen LogP contribution in [-0.2, 0) is 14.3 Å². The molecule has 0 aromatic heterocycles. The van der Waals surface area contributed by atoms with E-state index in [0.29, 0.717) is 25.9 Å². The van der Waals surface area contributed by atoms with E-state index in [2.05, 4.69) is 55.6 Å². The minimum absolute atomic E-state index is 0.0252. The molecule has 2 unspecified atom stereocenters. The molecule has 0 fully saturated rings. The van der Waals surface area contributed by atoms with Gasteiger partial charge in [-0.25, -0.2) is 0 Å². The summed E-state index contributed by atoms with van der Waals surface area (Å²) in [5.74, 6) is -0.0774. The van der Waals surface area contributed by atoms with Crippen molar-refractivity contribution in [1.29, 1.82) is 0 Å². The summed E-state index contributed by atoms with van der Waals surface area (Å²) in [6.45, 7) is 4.88. The Bertz CT molecular complexity index is 977. The van der Waals surface area contributed by atoms with Crippen molar-refractivity contribution < 1.29 is 24.5 Å². The van der Waals surface area contributed by atoms with Crippen LogP contribution in [0.15, 0.2) is 36.5 Å². The maximum Gasteiger partial charge on any atom is 0.305 e. The lowest BCUT2D eigenvalue weighted by molar-refractivity contribution is -0.143. The topological polar surface area (TPSA) is 95.9 Å². The molecule has 0 aromatic rings. The van der Waals surface area contributed by atoms with E-state index >= 15 is 0 Å². The molecule has 0 bridgehead atoms. The summed E-state index contributed by atoms with van der Waals surface area (Å²) in [4.78, 5) is 24.4. The van der Waals surface area contributed by atoms with E-state index in [-0.39, 0.29) is 18.5 Å². The molecule has 3 N–H and O–H groups in total. The van der Waals surface area contributed by atoms with Gasteiger partial charge in [-0.2, -0.15) is 0 Å². The number of aliphatic hydroxyl groups excluding tert-OH is 2. The van der Waals surface area contributed by atoms with Gasteiger partial charge in [-0.15, -0.1) is 0 Å². The standard InChI is InChI=1S/C54H101NO5/c1-3-5-7-9-11-13-15-22-26-30-34-38-42-46-52(57)51(50-56)55-53(58)47-43-39-35-31-27-24-20-18-17-19-21-25-29-33-37-41-45-49-60-54(59)48-44-40-36-32-28-23-16-14-12-10-8-6-4-2/h14,16-17,19,25,29,51-52,56-57H,3-13,15,18,20-24,26-28,30-50H2,1-2H3,(H,55,58)/b16-14-,19-17-,29-25-. The number of ether oxygens (including phenoxy) is 1. The first-order valence-electron chi connectivity index (χ1n) is 26.2. The largest absolute Gasteiger partial charge is 0.466 e. The smallest absolute Gasteiger partial charge is 0.305 e. The summed E-state index contributed by atoms with van der Waals surface area (Å²) in [5, 5.41) is 23.2. The van der Waals surface area contributed by atoms with E-state index in [1.807, 2.05) is 0 Å². The van der Waals surface area contributed by atoms with Crippen molar-refractivity contribution in [3.8, 4) is 0 Å². The number of rotatable bonds is 48. The molecule has 60 heavy (non-hydrogen) atoms. The number of nitrogens with one attached hydrogen (secondary N) is 1. The Balaban J connectivity index is 3.51. The van der Waals surface area contributed by atoms with Crippen LogP contribution in [0.3, 0.4) is 0 Å². The Kier molecular flexibility index (Phi) is 48.1. The number of unbranched alkanes of at least 4 members (excludes halogenated alkanes) is 31. The molecule has 0 saturated heterocycles. The third kappa shape index (κ3) is 45.6. The second kappa shape index (κ2) is 49.7. The predicted octanol–water partition coefficient (Wildman–Crippen LogP) is 15.7. The Morgan fingerprint density at radius 2 is 0.833 bits per heavy atom. The highest BCUT2D eigenvalue weighted by Crippen LogP contribution is 2.16. The quantitative estimate of drug-likeness (QED) is 0.0322. The van der Waals surface area contributed by atoms with E-state index in [1.54, 1.807) is 0 Å². The van der Waals surface area contributed by atoms with Gasteiger partial charge in [0.05, 0.1) is 25.4 Å².